The maximum absolute atomic E-state index is 13.2. The molecule has 1 amide bonds. The van der Waals surface area contributed by atoms with E-state index in [4.69, 9.17) is 14.2 Å². The standard InChI is InChI=1S/C32H35NO6/c1-4-18-38-26-13-9-24(10-14-26)29-28(31(35)32(36)33(29)17-6-19-37-3)30(34)25-11-15-27(16-12-25)39-21-23-8-5-7-22(2)20-23/h5,7-16,20,29,34H,4,6,17-19,21H2,1-3H3. The number of nitrogens with zero attached hydrogens (tertiary/aromatic N) is 1. The number of carbonyl (C=O) groups excluding carboxylic acids is 2. The van der Waals surface area contributed by atoms with E-state index in [-0.39, 0.29) is 11.3 Å². The average Bonchev–Trinajstić information content (AvgIpc) is 3.20. The monoisotopic (exact) mass is 529 g/mol. The molecular formula is C32H35NO6. The van der Waals surface area contributed by atoms with Crippen LogP contribution in [0.3, 0.4) is 0 Å². The number of aliphatic hydroxyl groups excluding tert-OH is 1. The zero-order chi connectivity index (χ0) is 27.8. The fourth-order valence-electron chi connectivity index (χ4n) is 4.64. The van der Waals surface area contributed by atoms with Crippen LogP contribution in [0.1, 0.15) is 48.1 Å². The third-order valence-corrected chi connectivity index (χ3v) is 6.57. The lowest BCUT2D eigenvalue weighted by molar-refractivity contribution is -0.140. The normalized spacial score (nSPS) is 16.5. The second-order valence-electron chi connectivity index (χ2n) is 9.56. The van der Waals surface area contributed by atoms with Crippen LogP contribution in [0.25, 0.3) is 5.76 Å². The summed E-state index contributed by atoms with van der Waals surface area (Å²) in [7, 11) is 1.59. The Hall–Kier alpha value is -4.10. The summed E-state index contributed by atoms with van der Waals surface area (Å²) < 4.78 is 16.7. The zero-order valence-electron chi connectivity index (χ0n) is 22.7. The highest BCUT2D eigenvalue weighted by Gasteiger charge is 2.45. The first-order chi connectivity index (χ1) is 18.9. The van der Waals surface area contributed by atoms with Gasteiger partial charge >= 0.3 is 0 Å². The molecule has 4 rings (SSSR count). The minimum Gasteiger partial charge on any atom is -0.507 e. The van der Waals surface area contributed by atoms with Gasteiger partial charge in [0.15, 0.2) is 0 Å². The van der Waals surface area contributed by atoms with Crippen molar-refractivity contribution in [1.29, 1.82) is 0 Å². The highest BCUT2D eigenvalue weighted by molar-refractivity contribution is 6.46. The van der Waals surface area contributed by atoms with Crippen molar-refractivity contribution in [3.8, 4) is 11.5 Å². The number of aryl methyl sites for hydroxylation is 1. The third kappa shape index (κ3) is 6.67. The fourth-order valence-corrected chi connectivity index (χ4v) is 4.64. The maximum Gasteiger partial charge on any atom is 0.295 e. The molecule has 7 heteroatoms. The summed E-state index contributed by atoms with van der Waals surface area (Å²) in [6.45, 7) is 5.84. The van der Waals surface area contributed by atoms with Crippen molar-refractivity contribution in [3.63, 3.8) is 0 Å². The number of benzene rings is 3. The Balaban J connectivity index is 1.62. The Morgan fingerprint density at radius 3 is 2.28 bits per heavy atom. The lowest BCUT2D eigenvalue weighted by Gasteiger charge is -2.25. The maximum atomic E-state index is 13.2. The van der Waals surface area contributed by atoms with Crippen LogP contribution in [0, 0.1) is 6.92 Å². The molecule has 1 heterocycles. The van der Waals surface area contributed by atoms with Gasteiger partial charge in [0.2, 0.25) is 0 Å². The number of likely N-dealkylation sites (tertiary alicyclic amines) is 1. The predicted molar refractivity (Wildman–Crippen MR) is 150 cm³/mol. The smallest absolute Gasteiger partial charge is 0.295 e. The van der Waals surface area contributed by atoms with Crippen LogP contribution < -0.4 is 9.47 Å². The van der Waals surface area contributed by atoms with Crippen LogP contribution in [0.2, 0.25) is 0 Å². The second-order valence-corrected chi connectivity index (χ2v) is 9.56. The summed E-state index contributed by atoms with van der Waals surface area (Å²) in [5.74, 6) is -0.224. The van der Waals surface area contributed by atoms with E-state index >= 15 is 0 Å². The van der Waals surface area contributed by atoms with E-state index in [2.05, 4.69) is 6.07 Å². The lowest BCUT2D eigenvalue weighted by Crippen LogP contribution is -2.31. The van der Waals surface area contributed by atoms with Gasteiger partial charge in [0.05, 0.1) is 18.2 Å². The Labute approximate surface area is 229 Å². The largest absolute Gasteiger partial charge is 0.507 e. The average molecular weight is 530 g/mol. The van der Waals surface area contributed by atoms with Crippen LogP contribution in [0.5, 0.6) is 11.5 Å². The molecule has 1 aliphatic rings. The van der Waals surface area contributed by atoms with Crippen molar-refractivity contribution < 1.29 is 28.9 Å². The summed E-state index contributed by atoms with van der Waals surface area (Å²) in [5, 5.41) is 11.3. The van der Waals surface area contributed by atoms with Crippen molar-refractivity contribution in [2.75, 3.05) is 26.9 Å². The van der Waals surface area contributed by atoms with Crippen molar-refractivity contribution in [3.05, 3.63) is 101 Å². The minimum absolute atomic E-state index is 0.0630. The highest BCUT2D eigenvalue weighted by atomic mass is 16.5. The molecule has 3 aromatic carbocycles. The summed E-state index contributed by atoms with van der Waals surface area (Å²) in [5.41, 5.74) is 3.43. The molecule has 1 unspecified atom stereocenters. The molecule has 3 aromatic rings. The van der Waals surface area contributed by atoms with Crippen molar-refractivity contribution in [2.45, 2.75) is 39.3 Å². The molecule has 1 saturated heterocycles. The van der Waals surface area contributed by atoms with Crippen LogP contribution >= 0.6 is 0 Å². The van der Waals surface area contributed by atoms with Crippen LogP contribution in [-0.4, -0.2) is 48.6 Å². The molecule has 7 nitrogen and oxygen atoms in total. The van der Waals surface area contributed by atoms with Gasteiger partial charge in [-0.05, 0) is 67.3 Å². The Kier molecular flexibility index (Phi) is 9.39. The Morgan fingerprint density at radius 2 is 1.62 bits per heavy atom. The van der Waals surface area contributed by atoms with Crippen LogP contribution in [0.15, 0.2) is 78.4 Å². The Morgan fingerprint density at radius 1 is 0.923 bits per heavy atom. The van der Waals surface area contributed by atoms with Crippen molar-refractivity contribution >= 4 is 17.4 Å². The molecule has 39 heavy (non-hydrogen) atoms. The third-order valence-electron chi connectivity index (χ3n) is 6.57. The predicted octanol–water partition coefficient (Wildman–Crippen LogP) is 5.82. The van der Waals surface area contributed by atoms with Gasteiger partial charge in [-0.25, -0.2) is 0 Å². The number of methoxy groups -OCH3 is 1. The van der Waals surface area contributed by atoms with Gasteiger partial charge in [0.25, 0.3) is 11.7 Å². The number of ketones is 1. The number of hydrogen-bond donors (Lipinski definition) is 1. The number of carbonyl (C=O) groups is 2. The second kappa shape index (κ2) is 13.1. The Bertz CT molecular complexity index is 1310. The summed E-state index contributed by atoms with van der Waals surface area (Å²) >= 11 is 0. The van der Waals surface area contributed by atoms with Gasteiger partial charge in [0.1, 0.15) is 23.9 Å². The minimum atomic E-state index is -0.723. The van der Waals surface area contributed by atoms with Gasteiger partial charge < -0.3 is 24.2 Å². The van der Waals surface area contributed by atoms with E-state index < -0.39 is 17.7 Å². The fraction of sp³-hybridized carbons (Fsp3) is 0.312. The number of ether oxygens (including phenoxy) is 3. The topological polar surface area (TPSA) is 85.3 Å². The van der Waals surface area contributed by atoms with Crippen molar-refractivity contribution in [1.82, 2.24) is 4.90 Å². The van der Waals surface area contributed by atoms with E-state index in [9.17, 15) is 14.7 Å². The van der Waals surface area contributed by atoms with Gasteiger partial charge in [-0.2, -0.15) is 0 Å². The first-order valence-corrected chi connectivity index (χ1v) is 13.2. The number of aliphatic hydroxyl groups is 1. The lowest BCUT2D eigenvalue weighted by atomic mass is 9.95. The molecule has 1 aliphatic heterocycles. The van der Waals surface area contributed by atoms with E-state index in [1.165, 1.54) is 4.90 Å². The summed E-state index contributed by atoms with van der Waals surface area (Å²) in [6.07, 6.45) is 1.45. The van der Waals surface area contributed by atoms with Gasteiger partial charge in [-0.15, -0.1) is 0 Å². The molecule has 0 spiro atoms. The molecule has 0 aliphatic carbocycles. The molecule has 204 valence electrons. The molecule has 0 radical (unpaired) electrons. The van der Waals surface area contributed by atoms with Crippen molar-refractivity contribution in [2.24, 2.45) is 0 Å². The van der Waals surface area contributed by atoms with E-state index in [1.54, 1.807) is 31.4 Å². The van der Waals surface area contributed by atoms with Gasteiger partial charge in [-0.3, -0.25) is 9.59 Å². The van der Waals surface area contributed by atoms with E-state index in [0.717, 1.165) is 23.1 Å². The quantitative estimate of drug-likeness (QED) is 0.138. The molecule has 1 N–H and O–H groups in total. The molecule has 1 fully saturated rings. The van der Waals surface area contributed by atoms with E-state index in [1.807, 2.05) is 56.3 Å². The first kappa shape index (κ1) is 27.9. The van der Waals surface area contributed by atoms with Crippen LogP contribution in [-0.2, 0) is 20.9 Å². The molecular weight excluding hydrogens is 494 g/mol. The number of amides is 1. The highest BCUT2D eigenvalue weighted by Crippen LogP contribution is 2.40. The summed E-state index contributed by atoms with van der Waals surface area (Å²) in [6, 6.07) is 21.5. The summed E-state index contributed by atoms with van der Waals surface area (Å²) in [4.78, 5) is 27.8. The number of hydrogen-bond acceptors (Lipinski definition) is 6. The molecule has 1 atom stereocenters. The SMILES string of the molecule is CCCOc1ccc(C2C(=C(O)c3ccc(OCc4cccc(C)c4)cc3)C(=O)C(=O)N2CCCOC)cc1. The number of rotatable bonds is 12. The number of Topliss-reactive ketones (excluding diaryl/α,β-unsaturated/α-hetero) is 1. The van der Waals surface area contributed by atoms with E-state index in [0.29, 0.717) is 49.8 Å². The van der Waals surface area contributed by atoms with Gasteiger partial charge in [0, 0.05) is 25.8 Å². The van der Waals surface area contributed by atoms with Crippen LogP contribution in [0.4, 0.5) is 0 Å². The molecule has 0 bridgehead atoms. The van der Waals surface area contributed by atoms with Gasteiger partial charge in [-0.1, -0.05) is 48.9 Å². The first-order valence-electron chi connectivity index (χ1n) is 13.2. The zero-order valence-corrected chi connectivity index (χ0v) is 22.7. The molecule has 0 saturated carbocycles. The molecule has 0 aromatic heterocycles.